The lowest BCUT2D eigenvalue weighted by Crippen LogP contribution is -2.40. The van der Waals surface area contributed by atoms with Gasteiger partial charge in [0.05, 0.1) is 17.5 Å². The minimum absolute atomic E-state index is 0.0294. The second-order valence-electron chi connectivity index (χ2n) is 7.29. The molecule has 23 heavy (non-hydrogen) atoms. The van der Waals surface area contributed by atoms with Crippen molar-refractivity contribution in [3.63, 3.8) is 0 Å². The Labute approximate surface area is 143 Å². The number of carbonyl (C=O) groups excluding carboxylic acids is 2. The first kappa shape index (κ1) is 14.0. The van der Waals surface area contributed by atoms with Crippen LogP contribution in [0.5, 0.6) is 0 Å². The van der Waals surface area contributed by atoms with E-state index in [1.54, 1.807) is 0 Å². The van der Waals surface area contributed by atoms with Crippen LogP contribution < -0.4 is 4.90 Å². The van der Waals surface area contributed by atoms with E-state index < -0.39 is 0 Å². The van der Waals surface area contributed by atoms with Crippen molar-refractivity contribution in [3.05, 3.63) is 40.4 Å². The van der Waals surface area contributed by atoms with Gasteiger partial charge in [0.25, 0.3) is 0 Å². The Morgan fingerprint density at radius 2 is 1.70 bits per heavy atom. The van der Waals surface area contributed by atoms with Gasteiger partial charge in [0.1, 0.15) is 0 Å². The lowest BCUT2D eigenvalue weighted by atomic mass is 9.63. The normalized spacial score (nSPS) is 39.7. The number of carbonyl (C=O) groups is 2. The zero-order valence-corrected chi connectivity index (χ0v) is 14.5. The Morgan fingerprint density at radius 3 is 2.26 bits per heavy atom. The van der Waals surface area contributed by atoms with Crippen LogP contribution in [0.2, 0.25) is 0 Å². The number of halogens is 1. The summed E-state index contributed by atoms with van der Waals surface area (Å²) < 4.78 is 0.984. The fraction of sp³-hybridized carbons (Fsp3) is 0.474. The van der Waals surface area contributed by atoms with Crippen LogP contribution in [0.3, 0.4) is 0 Å². The van der Waals surface area contributed by atoms with Crippen LogP contribution in [0.4, 0.5) is 5.69 Å². The molecule has 0 spiro atoms. The SMILES string of the molecule is CCc1cc(Br)ccc1N1C(=O)[C@@H]2[C@H]3C=C[C@H]([C@H]4C[C@@H]34)[C@@H]2C1=O. The topological polar surface area (TPSA) is 37.4 Å². The van der Waals surface area contributed by atoms with Gasteiger partial charge in [-0.1, -0.05) is 35.0 Å². The number of benzene rings is 1. The van der Waals surface area contributed by atoms with Gasteiger partial charge < -0.3 is 0 Å². The summed E-state index contributed by atoms with van der Waals surface area (Å²) in [4.78, 5) is 27.7. The summed E-state index contributed by atoms with van der Waals surface area (Å²) in [6, 6.07) is 5.84. The van der Waals surface area contributed by atoms with E-state index in [2.05, 4.69) is 35.0 Å². The lowest BCUT2D eigenvalue weighted by molar-refractivity contribution is -0.124. The maximum atomic E-state index is 13.1. The van der Waals surface area contributed by atoms with Crippen LogP contribution in [0.1, 0.15) is 18.9 Å². The van der Waals surface area contributed by atoms with Crippen molar-refractivity contribution in [2.75, 3.05) is 4.90 Å². The number of anilines is 1. The van der Waals surface area contributed by atoms with Gasteiger partial charge in [-0.2, -0.15) is 0 Å². The first-order valence-electron chi connectivity index (χ1n) is 8.46. The molecule has 4 heteroatoms. The van der Waals surface area contributed by atoms with Crippen molar-refractivity contribution in [1.82, 2.24) is 0 Å². The zero-order chi connectivity index (χ0) is 15.9. The van der Waals surface area contributed by atoms with Crippen LogP contribution in [0.25, 0.3) is 0 Å². The molecular weight excluding hydrogens is 354 g/mol. The van der Waals surface area contributed by atoms with Crippen molar-refractivity contribution < 1.29 is 9.59 Å². The maximum Gasteiger partial charge on any atom is 0.238 e. The predicted molar refractivity (Wildman–Crippen MR) is 90.7 cm³/mol. The zero-order valence-electron chi connectivity index (χ0n) is 12.9. The van der Waals surface area contributed by atoms with E-state index >= 15 is 0 Å². The number of hydrogen-bond donors (Lipinski definition) is 0. The molecule has 2 saturated carbocycles. The van der Waals surface area contributed by atoms with E-state index in [1.807, 2.05) is 18.2 Å². The fourth-order valence-electron chi connectivity index (χ4n) is 5.25. The molecular formula is C19H18BrNO2. The summed E-state index contributed by atoms with van der Waals surface area (Å²) >= 11 is 3.48. The third-order valence-corrected chi connectivity index (χ3v) is 6.82. The highest BCUT2D eigenvalue weighted by Gasteiger charge is 2.67. The molecule has 1 aliphatic heterocycles. The Morgan fingerprint density at radius 1 is 1.09 bits per heavy atom. The van der Waals surface area contributed by atoms with Crippen molar-refractivity contribution in [2.24, 2.45) is 35.5 Å². The van der Waals surface area contributed by atoms with Gasteiger partial charge in [-0.15, -0.1) is 0 Å². The van der Waals surface area contributed by atoms with Crippen LogP contribution >= 0.6 is 15.9 Å². The number of nitrogens with zero attached hydrogens (tertiary/aromatic N) is 1. The molecule has 2 amide bonds. The maximum absolute atomic E-state index is 13.1. The van der Waals surface area contributed by atoms with Gasteiger partial charge in [-0.05, 0) is 60.3 Å². The number of imide groups is 1. The van der Waals surface area contributed by atoms with E-state index in [-0.39, 0.29) is 35.5 Å². The van der Waals surface area contributed by atoms with E-state index in [0.717, 1.165) is 22.1 Å². The summed E-state index contributed by atoms with van der Waals surface area (Å²) in [6.07, 6.45) is 6.44. The quantitative estimate of drug-likeness (QED) is 0.588. The molecule has 0 unspecified atom stereocenters. The van der Waals surface area contributed by atoms with E-state index in [4.69, 9.17) is 0 Å². The fourth-order valence-corrected chi connectivity index (χ4v) is 5.66. The molecule has 2 bridgehead atoms. The molecule has 1 saturated heterocycles. The molecule has 0 radical (unpaired) electrons. The second-order valence-corrected chi connectivity index (χ2v) is 8.21. The average molecular weight is 372 g/mol. The number of allylic oxidation sites excluding steroid dienone is 2. The first-order valence-corrected chi connectivity index (χ1v) is 9.25. The molecule has 5 aliphatic rings. The lowest BCUT2D eigenvalue weighted by Gasteiger charge is -2.37. The summed E-state index contributed by atoms with van der Waals surface area (Å²) in [6.45, 7) is 2.06. The second kappa shape index (κ2) is 4.56. The molecule has 0 N–H and O–H groups in total. The average Bonchev–Trinajstić information content (AvgIpc) is 3.33. The Bertz CT molecular complexity index is 735. The highest BCUT2D eigenvalue weighted by atomic mass is 79.9. The van der Waals surface area contributed by atoms with Gasteiger partial charge in [-0.3, -0.25) is 9.59 Å². The summed E-state index contributed by atoms with van der Waals surface area (Å²) in [7, 11) is 0. The molecule has 6 atom stereocenters. The number of rotatable bonds is 2. The van der Waals surface area contributed by atoms with Crippen molar-refractivity contribution in [2.45, 2.75) is 19.8 Å². The molecule has 4 aliphatic carbocycles. The highest BCUT2D eigenvalue weighted by molar-refractivity contribution is 9.10. The van der Waals surface area contributed by atoms with E-state index in [1.165, 1.54) is 11.3 Å². The van der Waals surface area contributed by atoms with Crippen LogP contribution in [0, 0.1) is 35.5 Å². The number of aryl methyl sites for hydroxylation is 1. The minimum atomic E-state index is -0.116. The third-order valence-electron chi connectivity index (χ3n) is 6.33. The molecule has 118 valence electrons. The van der Waals surface area contributed by atoms with Gasteiger partial charge in [0.15, 0.2) is 0 Å². The van der Waals surface area contributed by atoms with Crippen LogP contribution in [-0.2, 0) is 16.0 Å². The minimum Gasteiger partial charge on any atom is -0.274 e. The third kappa shape index (κ3) is 1.70. The van der Waals surface area contributed by atoms with Gasteiger partial charge in [0.2, 0.25) is 11.8 Å². The van der Waals surface area contributed by atoms with E-state index in [0.29, 0.717) is 11.8 Å². The largest absolute Gasteiger partial charge is 0.274 e. The Balaban J connectivity index is 1.60. The standard InChI is InChI=1S/C19H18BrNO2/c1-2-9-7-10(20)3-6-15(9)21-18(22)16-11-4-5-12(14-8-13(11)14)17(16)19(21)23/h3-7,11-14,16-17H,2,8H2,1H3/t11-,12+,13-,14+,16+,17-. The van der Waals surface area contributed by atoms with Crippen LogP contribution in [-0.4, -0.2) is 11.8 Å². The smallest absolute Gasteiger partial charge is 0.238 e. The van der Waals surface area contributed by atoms with Crippen molar-refractivity contribution in [3.8, 4) is 0 Å². The molecule has 3 nitrogen and oxygen atoms in total. The Hall–Kier alpha value is -1.42. The molecule has 3 fully saturated rings. The summed E-state index contributed by atoms with van der Waals surface area (Å²) in [5.41, 5.74) is 1.83. The number of hydrogen-bond acceptors (Lipinski definition) is 2. The van der Waals surface area contributed by atoms with Crippen molar-refractivity contribution >= 4 is 33.4 Å². The molecule has 1 heterocycles. The summed E-state index contributed by atoms with van der Waals surface area (Å²) in [5.74, 6) is 1.71. The van der Waals surface area contributed by atoms with Crippen molar-refractivity contribution in [1.29, 1.82) is 0 Å². The summed E-state index contributed by atoms with van der Waals surface area (Å²) in [5, 5.41) is 0. The number of amides is 2. The molecule has 6 rings (SSSR count). The van der Waals surface area contributed by atoms with Gasteiger partial charge in [0, 0.05) is 4.47 Å². The monoisotopic (exact) mass is 371 g/mol. The molecule has 1 aromatic rings. The molecule has 1 aromatic carbocycles. The molecule has 0 aromatic heterocycles. The van der Waals surface area contributed by atoms with Gasteiger partial charge >= 0.3 is 0 Å². The van der Waals surface area contributed by atoms with Crippen LogP contribution in [0.15, 0.2) is 34.8 Å². The Kier molecular flexibility index (Phi) is 2.77. The van der Waals surface area contributed by atoms with Gasteiger partial charge in [-0.25, -0.2) is 4.90 Å². The first-order chi connectivity index (χ1) is 11.1. The predicted octanol–water partition coefficient (Wildman–Crippen LogP) is 3.57. The highest BCUT2D eigenvalue weighted by Crippen LogP contribution is 2.65. The van der Waals surface area contributed by atoms with E-state index in [9.17, 15) is 9.59 Å².